The van der Waals surface area contributed by atoms with Crippen LogP contribution in [0.2, 0.25) is 0 Å². The molecule has 0 atom stereocenters. The highest BCUT2D eigenvalue weighted by Gasteiger charge is 2.12. The Labute approximate surface area is 211 Å². The second-order valence-corrected chi connectivity index (χ2v) is 8.01. The molecule has 0 heterocycles. The summed E-state index contributed by atoms with van der Waals surface area (Å²) < 4.78 is 22.1. The predicted molar refractivity (Wildman–Crippen MR) is 142 cm³/mol. The summed E-state index contributed by atoms with van der Waals surface area (Å²) in [4.78, 5) is 12.8. The Morgan fingerprint density at radius 1 is 0.694 bits per heavy atom. The SMILES string of the molecule is COc1ccc(OC)c(C(=O)/C=C/c2ccc(OC)c(COc3ccc(-c4ccccc4)cc3)c2)c1. The van der Waals surface area contributed by atoms with Gasteiger partial charge in [-0.1, -0.05) is 54.6 Å². The van der Waals surface area contributed by atoms with E-state index in [9.17, 15) is 4.79 Å². The number of carbonyl (C=O) groups is 1. The highest BCUT2D eigenvalue weighted by atomic mass is 16.5. The van der Waals surface area contributed by atoms with Crippen LogP contribution in [-0.4, -0.2) is 27.1 Å². The maximum Gasteiger partial charge on any atom is 0.189 e. The molecule has 4 aromatic rings. The Morgan fingerprint density at radius 3 is 2.06 bits per heavy atom. The van der Waals surface area contributed by atoms with E-state index in [-0.39, 0.29) is 5.78 Å². The van der Waals surface area contributed by atoms with E-state index in [0.717, 1.165) is 28.0 Å². The summed E-state index contributed by atoms with van der Waals surface area (Å²) in [6.45, 7) is 0.327. The Morgan fingerprint density at radius 2 is 1.36 bits per heavy atom. The largest absolute Gasteiger partial charge is 0.497 e. The van der Waals surface area contributed by atoms with Crippen LogP contribution in [-0.2, 0) is 6.61 Å². The molecular weight excluding hydrogens is 452 g/mol. The molecule has 0 radical (unpaired) electrons. The molecule has 0 amide bonds. The van der Waals surface area contributed by atoms with Gasteiger partial charge >= 0.3 is 0 Å². The molecule has 0 saturated heterocycles. The zero-order chi connectivity index (χ0) is 25.3. The summed E-state index contributed by atoms with van der Waals surface area (Å²) in [7, 11) is 4.72. The van der Waals surface area contributed by atoms with Crippen molar-refractivity contribution in [2.45, 2.75) is 6.61 Å². The minimum Gasteiger partial charge on any atom is -0.497 e. The van der Waals surface area contributed by atoms with Crippen molar-refractivity contribution in [1.82, 2.24) is 0 Å². The Kier molecular flexibility index (Phi) is 8.04. The van der Waals surface area contributed by atoms with Gasteiger partial charge in [-0.2, -0.15) is 0 Å². The average molecular weight is 481 g/mol. The van der Waals surface area contributed by atoms with Gasteiger partial charge in [-0.25, -0.2) is 0 Å². The van der Waals surface area contributed by atoms with Crippen molar-refractivity contribution in [2.24, 2.45) is 0 Å². The molecular formula is C31H28O5. The summed E-state index contributed by atoms with van der Waals surface area (Å²) in [6.07, 6.45) is 3.28. The van der Waals surface area contributed by atoms with Gasteiger partial charge in [0.1, 0.15) is 29.6 Å². The molecule has 5 nitrogen and oxygen atoms in total. The van der Waals surface area contributed by atoms with E-state index in [1.165, 1.54) is 13.2 Å². The molecule has 0 spiro atoms. The Balaban J connectivity index is 1.47. The average Bonchev–Trinajstić information content (AvgIpc) is 2.95. The highest BCUT2D eigenvalue weighted by molar-refractivity contribution is 6.08. The number of allylic oxidation sites excluding steroid dienone is 1. The molecule has 4 rings (SSSR count). The summed E-state index contributed by atoms with van der Waals surface area (Å²) in [5, 5.41) is 0. The van der Waals surface area contributed by atoms with E-state index in [0.29, 0.717) is 29.4 Å². The van der Waals surface area contributed by atoms with Gasteiger partial charge in [-0.3, -0.25) is 4.79 Å². The normalized spacial score (nSPS) is 10.8. The smallest absolute Gasteiger partial charge is 0.189 e. The third-order valence-electron chi connectivity index (χ3n) is 5.76. The van der Waals surface area contributed by atoms with Crippen LogP contribution in [0.25, 0.3) is 17.2 Å². The summed E-state index contributed by atoms with van der Waals surface area (Å²) >= 11 is 0. The molecule has 0 N–H and O–H groups in total. The van der Waals surface area contributed by atoms with Crippen LogP contribution in [0.3, 0.4) is 0 Å². The fourth-order valence-corrected chi connectivity index (χ4v) is 3.82. The van der Waals surface area contributed by atoms with Gasteiger partial charge in [-0.15, -0.1) is 0 Å². The number of rotatable bonds is 10. The molecule has 0 aliphatic heterocycles. The van der Waals surface area contributed by atoms with E-state index in [1.54, 1.807) is 38.5 Å². The van der Waals surface area contributed by atoms with Gasteiger partial charge < -0.3 is 18.9 Å². The zero-order valence-electron chi connectivity index (χ0n) is 20.6. The molecule has 0 bridgehead atoms. The molecule has 36 heavy (non-hydrogen) atoms. The quantitative estimate of drug-likeness (QED) is 0.183. The molecule has 0 aliphatic rings. The Hall–Kier alpha value is -4.51. The van der Waals surface area contributed by atoms with E-state index >= 15 is 0 Å². The first-order valence-corrected chi connectivity index (χ1v) is 11.5. The van der Waals surface area contributed by atoms with Gasteiger partial charge in [-0.05, 0) is 65.2 Å². The van der Waals surface area contributed by atoms with E-state index in [2.05, 4.69) is 12.1 Å². The van der Waals surface area contributed by atoms with Gasteiger partial charge in [0, 0.05) is 5.56 Å². The third-order valence-corrected chi connectivity index (χ3v) is 5.76. The van der Waals surface area contributed by atoms with Gasteiger partial charge in [0.05, 0.1) is 26.9 Å². The molecule has 0 fully saturated rings. The lowest BCUT2D eigenvalue weighted by Gasteiger charge is -2.12. The van der Waals surface area contributed by atoms with Crippen molar-refractivity contribution in [2.75, 3.05) is 21.3 Å². The zero-order valence-corrected chi connectivity index (χ0v) is 20.6. The van der Waals surface area contributed by atoms with Crippen LogP contribution >= 0.6 is 0 Å². The minimum absolute atomic E-state index is 0.183. The maximum absolute atomic E-state index is 12.8. The van der Waals surface area contributed by atoms with Crippen LogP contribution < -0.4 is 18.9 Å². The molecule has 0 unspecified atom stereocenters. The molecule has 0 saturated carbocycles. The molecule has 4 aromatic carbocycles. The molecule has 0 aromatic heterocycles. The summed E-state index contributed by atoms with van der Waals surface area (Å²) in [5.74, 6) is 2.38. The Bertz CT molecular complexity index is 1340. The number of ketones is 1. The van der Waals surface area contributed by atoms with Crippen molar-refractivity contribution < 1.29 is 23.7 Å². The van der Waals surface area contributed by atoms with Crippen LogP contribution in [0.4, 0.5) is 0 Å². The van der Waals surface area contributed by atoms with Gasteiger partial charge in [0.25, 0.3) is 0 Å². The van der Waals surface area contributed by atoms with Gasteiger partial charge in [0.2, 0.25) is 0 Å². The number of carbonyl (C=O) groups excluding carboxylic acids is 1. The third kappa shape index (κ3) is 5.94. The molecule has 0 aliphatic carbocycles. The number of hydrogen-bond donors (Lipinski definition) is 0. The van der Waals surface area contributed by atoms with E-state index < -0.39 is 0 Å². The standard InChI is InChI=1S/C31H28O5/c1-33-27-15-18-31(35-3)28(20-27)29(32)16-9-22-10-17-30(34-2)25(19-22)21-36-26-13-11-24(12-14-26)23-7-5-4-6-8-23/h4-20H,21H2,1-3H3/b16-9+. The van der Waals surface area contributed by atoms with E-state index in [1.807, 2.05) is 60.7 Å². The predicted octanol–water partition coefficient (Wildman–Crippen LogP) is 6.85. The van der Waals surface area contributed by atoms with Crippen molar-refractivity contribution in [3.8, 4) is 34.1 Å². The van der Waals surface area contributed by atoms with Crippen molar-refractivity contribution >= 4 is 11.9 Å². The van der Waals surface area contributed by atoms with Crippen LogP contribution in [0.5, 0.6) is 23.0 Å². The van der Waals surface area contributed by atoms with E-state index in [4.69, 9.17) is 18.9 Å². The van der Waals surface area contributed by atoms with Crippen molar-refractivity contribution in [3.05, 3.63) is 114 Å². The van der Waals surface area contributed by atoms with Crippen molar-refractivity contribution in [1.29, 1.82) is 0 Å². The lowest BCUT2D eigenvalue weighted by Crippen LogP contribution is -2.00. The number of ether oxygens (including phenoxy) is 4. The first-order chi connectivity index (χ1) is 17.6. The first kappa shape index (κ1) is 24.6. The van der Waals surface area contributed by atoms with Crippen LogP contribution in [0.1, 0.15) is 21.5 Å². The monoisotopic (exact) mass is 480 g/mol. The summed E-state index contributed by atoms with van der Waals surface area (Å²) in [5.41, 5.74) is 4.45. The first-order valence-electron chi connectivity index (χ1n) is 11.5. The lowest BCUT2D eigenvalue weighted by molar-refractivity contribution is 0.104. The fourth-order valence-electron chi connectivity index (χ4n) is 3.82. The number of benzene rings is 4. The second kappa shape index (κ2) is 11.8. The highest BCUT2D eigenvalue weighted by Crippen LogP contribution is 2.27. The number of hydrogen-bond acceptors (Lipinski definition) is 5. The summed E-state index contributed by atoms with van der Waals surface area (Å²) in [6, 6.07) is 29.0. The number of methoxy groups -OCH3 is 3. The van der Waals surface area contributed by atoms with Crippen molar-refractivity contribution in [3.63, 3.8) is 0 Å². The minimum atomic E-state index is -0.183. The second-order valence-electron chi connectivity index (χ2n) is 8.01. The van der Waals surface area contributed by atoms with Gasteiger partial charge in [0.15, 0.2) is 5.78 Å². The molecule has 182 valence electrons. The van der Waals surface area contributed by atoms with Crippen LogP contribution in [0, 0.1) is 0 Å². The van der Waals surface area contributed by atoms with Crippen LogP contribution in [0.15, 0.2) is 97.1 Å². The lowest BCUT2D eigenvalue weighted by atomic mass is 10.1. The maximum atomic E-state index is 12.8. The molecule has 5 heteroatoms. The topological polar surface area (TPSA) is 54.0 Å². The fraction of sp³-hybridized carbons (Fsp3) is 0.129.